The van der Waals surface area contributed by atoms with Crippen LogP contribution in [0.2, 0.25) is 0 Å². The maximum atomic E-state index is 12.4. The first-order valence-corrected chi connectivity index (χ1v) is 6.65. The van der Waals surface area contributed by atoms with E-state index in [-0.39, 0.29) is 5.69 Å². The number of fused-ring (bicyclic) bond motifs is 1. The molecule has 23 heavy (non-hydrogen) atoms. The van der Waals surface area contributed by atoms with Crippen LogP contribution >= 0.6 is 0 Å². The summed E-state index contributed by atoms with van der Waals surface area (Å²) in [5.41, 5.74) is 3.02. The number of H-pyrrole nitrogens is 2. The molecule has 3 aromatic rings. The molecular formula is C14H12F3N5O. The van der Waals surface area contributed by atoms with Gasteiger partial charge in [0.15, 0.2) is 0 Å². The fourth-order valence-electron chi connectivity index (χ4n) is 2.33. The van der Waals surface area contributed by atoms with Crippen molar-refractivity contribution in [1.29, 1.82) is 0 Å². The van der Waals surface area contributed by atoms with Crippen LogP contribution in [0.15, 0.2) is 18.2 Å². The zero-order chi connectivity index (χ0) is 16.8. The van der Waals surface area contributed by atoms with Crippen molar-refractivity contribution < 1.29 is 18.0 Å². The summed E-state index contributed by atoms with van der Waals surface area (Å²) in [7, 11) is 0. The number of nitrogens with zero attached hydrogens (tertiary/aromatic N) is 2. The van der Waals surface area contributed by atoms with Crippen LogP contribution in [0.4, 0.5) is 19.1 Å². The number of carbonyl (C=O) groups is 1. The molecule has 3 N–H and O–H groups in total. The van der Waals surface area contributed by atoms with Gasteiger partial charge in [0.25, 0.3) is 5.91 Å². The van der Waals surface area contributed by atoms with E-state index in [1.54, 1.807) is 11.2 Å². The van der Waals surface area contributed by atoms with Crippen LogP contribution in [-0.4, -0.2) is 26.1 Å². The third kappa shape index (κ3) is 2.89. The van der Waals surface area contributed by atoms with E-state index in [1.165, 1.54) is 0 Å². The Morgan fingerprint density at radius 3 is 2.61 bits per heavy atom. The highest BCUT2D eigenvalue weighted by Gasteiger charge is 2.35. The molecule has 9 heteroatoms. The van der Waals surface area contributed by atoms with Gasteiger partial charge in [0.2, 0.25) is 11.8 Å². The molecule has 0 saturated heterocycles. The molecule has 2 aromatic heterocycles. The Balaban J connectivity index is 1.86. The van der Waals surface area contributed by atoms with Gasteiger partial charge in [-0.2, -0.15) is 18.2 Å². The Kier molecular flexibility index (Phi) is 3.35. The predicted octanol–water partition coefficient (Wildman–Crippen LogP) is 3.17. The molecule has 3 rings (SSSR count). The molecule has 0 aliphatic carbocycles. The van der Waals surface area contributed by atoms with Gasteiger partial charge in [0.05, 0.1) is 0 Å². The first kappa shape index (κ1) is 15.1. The van der Waals surface area contributed by atoms with Crippen molar-refractivity contribution in [2.45, 2.75) is 20.0 Å². The second-order valence-electron chi connectivity index (χ2n) is 5.19. The Hall–Kier alpha value is -2.84. The van der Waals surface area contributed by atoms with E-state index >= 15 is 0 Å². The lowest BCUT2D eigenvalue weighted by Gasteiger charge is -1.99. The van der Waals surface area contributed by atoms with Crippen LogP contribution in [-0.2, 0) is 6.18 Å². The molecule has 0 spiro atoms. The van der Waals surface area contributed by atoms with Crippen LogP contribution in [0.1, 0.15) is 27.4 Å². The first-order valence-electron chi connectivity index (χ1n) is 6.65. The Bertz CT molecular complexity index is 894. The third-order valence-corrected chi connectivity index (χ3v) is 3.31. The summed E-state index contributed by atoms with van der Waals surface area (Å²) in [6, 6.07) is 5.49. The van der Waals surface area contributed by atoms with Crippen molar-refractivity contribution >= 4 is 22.8 Å². The Morgan fingerprint density at radius 1 is 1.22 bits per heavy atom. The average molecular weight is 323 g/mol. The van der Waals surface area contributed by atoms with E-state index in [0.29, 0.717) is 0 Å². The van der Waals surface area contributed by atoms with Crippen LogP contribution in [0.5, 0.6) is 0 Å². The largest absolute Gasteiger partial charge is 0.451 e. The summed E-state index contributed by atoms with van der Waals surface area (Å²) in [6.45, 7) is 3.84. The molecule has 120 valence electrons. The molecule has 0 bridgehead atoms. The molecule has 1 amide bonds. The summed E-state index contributed by atoms with van der Waals surface area (Å²) in [4.78, 5) is 18.3. The van der Waals surface area contributed by atoms with Gasteiger partial charge in [-0.1, -0.05) is 6.07 Å². The number of aryl methyl sites for hydroxylation is 2. The predicted molar refractivity (Wildman–Crippen MR) is 77.1 cm³/mol. The van der Waals surface area contributed by atoms with Crippen LogP contribution in [0.3, 0.4) is 0 Å². The number of halogens is 3. The van der Waals surface area contributed by atoms with E-state index in [0.717, 1.165) is 22.0 Å². The Morgan fingerprint density at radius 2 is 1.96 bits per heavy atom. The van der Waals surface area contributed by atoms with Crippen molar-refractivity contribution in [2.24, 2.45) is 0 Å². The van der Waals surface area contributed by atoms with Gasteiger partial charge < -0.3 is 4.98 Å². The van der Waals surface area contributed by atoms with Crippen molar-refractivity contribution in [2.75, 3.05) is 5.32 Å². The van der Waals surface area contributed by atoms with E-state index in [1.807, 2.05) is 26.0 Å². The number of amides is 1. The van der Waals surface area contributed by atoms with Crippen molar-refractivity contribution in [1.82, 2.24) is 20.2 Å². The number of hydrogen-bond donors (Lipinski definition) is 3. The molecule has 6 nitrogen and oxygen atoms in total. The normalized spacial score (nSPS) is 11.9. The number of hydrogen-bond acceptors (Lipinski definition) is 3. The highest BCUT2D eigenvalue weighted by molar-refractivity contribution is 6.05. The number of rotatable bonds is 2. The lowest BCUT2D eigenvalue weighted by molar-refractivity contribution is -0.144. The number of alkyl halides is 3. The molecule has 0 radical (unpaired) electrons. The lowest BCUT2D eigenvalue weighted by Crippen LogP contribution is -2.13. The smallest absolute Gasteiger partial charge is 0.351 e. The fourth-order valence-corrected chi connectivity index (χ4v) is 2.33. The van der Waals surface area contributed by atoms with Gasteiger partial charge in [-0.15, -0.1) is 5.10 Å². The molecule has 0 atom stereocenters. The summed E-state index contributed by atoms with van der Waals surface area (Å²) >= 11 is 0. The topological polar surface area (TPSA) is 86.5 Å². The second-order valence-corrected chi connectivity index (χ2v) is 5.19. The maximum absolute atomic E-state index is 12.4. The molecular weight excluding hydrogens is 311 g/mol. The molecule has 1 aromatic carbocycles. The summed E-state index contributed by atoms with van der Waals surface area (Å²) in [6.07, 6.45) is -4.65. The summed E-state index contributed by atoms with van der Waals surface area (Å²) in [5, 5.41) is 8.16. The number of aromatic nitrogens is 4. The number of nitrogens with one attached hydrogen (secondary N) is 3. The zero-order valence-electron chi connectivity index (χ0n) is 12.2. The van der Waals surface area contributed by atoms with Crippen molar-refractivity contribution in [3.8, 4) is 0 Å². The van der Waals surface area contributed by atoms with Crippen molar-refractivity contribution in [3.05, 3.63) is 40.8 Å². The molecule has 2 heterocycles. The lowest BCUT2D eigenvalue weighted by atomic mass is 10.1. The molecule has 0 aliphatic rings. The minimum atomic E-state index is -4.65. The minimum Gasteiger partial charge on any atom is -0.351 e. The summed E-state index contributed by atoms with van der Waals surface area (Å²) in [5.74, 6) is -2.32. The van der Waals surface area contributed by atoms with Gasteiger partial charge >= 0.3 is 6.18 Å². The molecule has 0 aliphatic heterocycles. The number of anilines is 1. The molecule has 0 saturated carbocycles. The number of aromatic amines is 2. The average Bonchev–Trinajstić information content (AvgIpc) is 3.04. The van der Waals surface area contributed by atoms with E-state index in [4.69, 9.17) is 0 Å². The van der Waals surface area contributed by atoms with Gasteiger partial charge in [0, 0.05) is 10.9 Å². The van der Waals surface area contributed by atoms with E-state index in [9.17, 15) is 18.0 Å². The van der Waals surface area contributed by atoms with E-state index < -0.39 is 23.9 Å². The monoisotopic (exact) mass is 323 g/mol. The third-order valence-electron chi connectivity index (χ3n) is 3.31. The van der Waals surface area contributed by atoms with Crippen molar-refractivity contribution in [3.63, 3.8) is 0 Å². The second kappa shape index (κ2) is 5.11. The van der Waals surface area contributed by atoms with Crippen LogP contribution in [0, 0.1) is 13.8 Å². The Labute approximate surface area is 128 Å². The van der Waals surface area contributed by atoms with Crippen LogP contribution in [0.25, 0.3) is 10.9 Å². The molecule has 0 unspecified atom stereocenters. The van der Waals surface area contributed by atoms with Gasteiger partial charge in [-0.3, -0.25) is 15.2 Å². The quantitative estimate of drug-likeness (QED) is 0.677. The standard InChI is InChI=1S/C14H12F3N5O/c1-6-3-7(2)8-5-10(18-9(8)4-6)11(23)19-13-20-12(21-22-13)14(15,16)17/h3-5,18H,1-2H3,(H2,19,20,21,22,23). The highest BCUT2D eigenvalue weighted by atomic mass is 19.4. The molecule has 0 fully saturated rings. The van der Waals surface area contributed by atoms with E-state index in [2.05, 4.69) is 20.4 Å². The highest BCUT2D eigenvalue weighted by Crippen LogP contribution is 2.26. The summed E-state index contributed by atoms with van der Waals surface area (Å²) < 4.78 is 37.3. The van der Waals surface area contributed by atoms with Gasteiger partial charge in [-0.05, 0) is 37.1 Å². The number of benzene rings is 1. The SMILES string of the molecule is Cc1cc(C)c2cc(C(=O)Nc3n[nH]c(C(F)(F)F)n3)[nH]c2c1. The van der Waals surface area contributed by atoms with Gasteiger partial charge in [0.1, 0.15) is 5.69 Å². The number of carbonyl (C=O) groups excluding carboxylic acids is 1. The fraction of sp³-hybridized carbons (Fsp3) is 0.214. The van der Waals surface area contributed by atoms with Gasteiger partial charge in [-0.25, -0.2) is 0 Å². The first-order chi connectivity index (χ1) is 10.7. The minimum absolute atomic E-state index is 0.215. The zero-order valence-corrected chi connectivity index (χ0v) is 12.2. The van der Waals surface area contributed by atoms with Crippen LogP contribution < -0.4 is 5.32 Å². The maximum Gasteiger partial charge on any atom is 0.451 e.